The summed E-state index contributed by atoms with van der Waals surface area (Å²) in [6.45, 7) is 4.51. The Hall–Kier alpha value is -1.60. The minimum Gasteiger partial charge on any atom is -0.392 e. The van der Waals surface area contributed by atoms with Crippen molar-refractivity contribution >= 4 is 0 Å². The summed E-state index contributed by atoms with van der Waals surface area (Å²) in [5.41, 5.74) is 4.00. The summed E-state index contributed by atoms with van der Waals surface area (Å²) >= 11 is 0. The molecule has 1 N–H and O–H groups in total. The van der Waals surface area contributed by atoms with Crippen molar-refractivity contribution in [2.75, 3.05) is 0 Å². The van der Waals surface area contributed by atoms with Gasteiger partial charge in [-0.2, -0.15) is 0 Å². The molecule has 1 nitrogen and oxygen atoms in total. The van der Waals surface area contributed by atoms with Gasteiger partial charge in [0.2, 0.25) is 0 Å². The highest BCUT2D eigenvalue weighted by Gasteiger charge is 2.43. The van der Waals surface area contributed by atoms with Crippen molar-refractivity contribution in [2.24, 2.45) is 5.41 Å². The lowest BCUT2D eigenvalue weighted by Crippen LogP contribution is -2.38. The predicted octanol–water partition coefficient (Wildman–Crippen LogP) is 5.71. The van der Waals surface area contributed by atoms with Crippen LogP contribution in [0.3, 0.4) is 0 Å². The van der Waals surface area contributed by atoms with Crippen molar-refractivity contribution in [3.8, 4) is 0 Å². The quantitative estimate of drug-likeness (QED) is 0.699. The fourth-order valence-electron chi connectivity index (χ4n) is 4.51. The number of unbranched alkanes of at least 4 members (excludes halogenated alkanes) is 1. The zero-order valence-corrected chi connectivity index (χ0v) is 15.0. The van der Waals surface area contributed by atoms with Gasteiger partial charge in [-0.3, -0.25) is 0 Å². The van der Waals surface area contributed by atoms with E-state index in [1.54, 1.807) is 0 Å². The maximum atomic E-state index is 11.6. The molecule has 3 rings (SSSR count). The topological polar surface area (TPSA) is 20.2 Å². The number of benzene rings is 2. The molecule has 0 aliphatic heterocycles. The molecular weight excluding hydrogens is 292 g/mol. The fourth-order valence-corrected chi connectivity index (χ4v) is 4.51. The molecule has 2 aromatic carbocycles. The number of aliphatic hydroxyl groups is 1. The largest absolute Gasteiger partial charge is 0.392 e. The van der Waals surface area contributed by atoms with Gasteiger partial charge in [0.1, 0.15) is 0 Å². The maximum Gasteiger partial charge on any atom is 0.0705 e. The van der Waals surface area contributed by atoms with Crippen LogP contribution in [-0.2, 0) is 6.42 Å². The monoisotopic (exact) mass is 322 g/mol. The summed E-state index contributed by atoms with van der Waals surface area (Å²) in [6, 6.07) is 19.3. The van der Waals surface area contributed by atoms with Gasteiger partial charge in [-0.05, 0) is 47.8 Å². The zero-order valence-electron chi connectivity index (χ0n) is 15.0. The lowest BCUT2D eigenvalue weighted by Gasteiger charge is -2.40. The van der Waals surface area contributed by atoms with Crippen LogP contribution < -0.4 is 0 Å². The predicted molar refractivity (Wildman–Crippen MR) is 101 cm³/mol. The van der Waals surface area contributed by atoms with Crippen LogP contribution in [-0.4, -0.2) is 11.2 Å². The first-order chi connectivity index (χ1) is 11.7. The van der Waals surface area contributed by atoms with E-state index in [0.29, 0.717) is 0 Å². The number of rotatable bonds is 5. The van der Waals surface area contributed by atoms with Gasteiger partial charge in [0.15, 0.2) is 0 Å². The summed E-state index contributed by atoms with van der Waals surface area (Å²) < 4.78 is 0. The molecule has 0 unspecified atom stereocenters. The molecule has 3 atom stereocenters. The van der Waals surface area contributed by atoms with Crippen LogP contribution in [0.15, 0.2) is 54.6 Å². The van der Waals surface area contributed by atoms with Gasteiger partial charge in [0, 0.05) is 5.92 Å². The van der Waals surface area contributed by atoms with E-state index in [4.69, 9.17) is 0 Å². The first-order valence-electron chi connectivity index (χ1n) is 9.52. The highest BCUT2D eigenvalue weighted by Crippen LogP contribution is 2.48. The summed E-state index contributed by atoms with van der Waals surface area (Å²) in [5, 5.41) is 11.6. The first kappa shape index (κ1) is 17.2. The Morgan fingerprint density at radius 3 is 2.42 bits per heavy atom. The molecule has 0 bridgehead atoms. The van der Waals surface area contributed by atoms with Gasteiger partial charge in [-0.25, -0.2) is 0 Å². The number of fused-ring (bicyclic) bond motifs is 1. The van der Waals surface area contributed by atoms with Gasteiger partial charge in [-0.1, -0.05) is 81.3 Å². The Morgan fingerprint density at radius 2 is 1.71 bits per heavy atom. The Labute approximate surface area is 146 Å². The average molecular weight is 322 g/mol. The van der Waals surface area contributed by atoms with Gasteiger partial charge in [0.05, 0.1) is 6.10 Å². The molecule has 0 aromatic heterocycles. The minimum absolute atomic E-state index is 0.0234. The molecule has 0 spiro atoms. The molecule has 0 saturated carbocycles. The maximum absolute atomic E-state index is 11.6. The van der Waals surface area contributed by atoms with Crippen LogP contribution in [0.1, 0.15) is 68.6 Å². The molecular formula is C23H30O. The van der Waals surface area contributed by atoms with Crippen LogP contribution in [0, 0.1) is 5.41 Å². The van der Waals surface area contributed by atoms with E-state index in [2.05, 4.69) is 68.4 Å². The molecule has 0 saturated heterocycles. The van der Waals surface area contributed by atoms with Crippen LogP contribution in [0.2, 0.25) is 0 Å². The van der Waals surface area contributed by atoms with E-state index < -0.39 is 0 Å². The summed E-state index contributed by atoms with van der Waals surface area (Å²) in [4.78, 5) is 0. The van der Waals surface area contributed by atoms with Gasteiger partial charge < -0.3 is 5.11 Å². The Bertz CT molecular complexity index is 648. The van der Waals surface area contributed by atoms with Crippen LogP contribution in [0.25, 0.3) is 0 Å². The Balaban J connectivity index is 2.09. The summed E-state index contributed by atoms with van der Waals surface area (Å²) in [7, 11) is 0. The molecule has 24 heavy (non-hydrogen) atoms. The summed E-state index contributed by atoms with van der Waals surface area (Å²) in [6.07, 6.45) is 6.41. The molecule has 1 aliphatic rings. The molecule has 1 aliphatic carbocycles. The lowest BCUT2D eigenvalue weighted by molar-refractivity contribution is -0.00155. The van der Waals surface area contributed by atoms with Gasteiger partial charge in [-0.15, -0.1) is 0 Å². The molecule has 2 aromatic rings. The van der Waals surface area contributed by atoms with E-state index in [1.165, 1.54) is 29.5 Å². The van der Waals surface area contributed by atoms with Gasteiger partial charge >= 0.3 is 0 Å². The third kappa shape index (κ3) is 3.15. The van der Waals surface area contributed by atoms with Crippen molar-refractivity contribution in [3.63, 3.8) is 0 Å². The molecule has 0 heterocycles. The number of aliphatic hydroxyl groups excluding tert-OH is 1. The van der Waals surface area contributed by atoms with Crippen LogP contribution >= 0.6 is 0 Å². The Kier molecular flexibility index (Phi) is 5.40. The molecule has 0 radical (unpaired) electrons. The molecule has 0 fully saturated rings. The van der Waals surface area contributed by atoms with Crippen molar-refractivity contribution in [1.82, 2.24) is 0 Å². The van der Waals surface area contributed by atoms with Gasteiger partial charge in [0.25, 0.3) is 0 Å². The second-order valence-corrected chi connectivity index (χ2v) is 7.35. The second kappa shape index (κ2) is 7.53. The first-order valence-corrected chi connectivity index (χ1v) is 9.52. The standard InChI is InChI=1S/C23H30O/c1-3-5-16-23(4-2)17-15-18-11-9-10-14-20(18)21(22(23)24)19-12-7-6-8-13-19/h6-14,21-22,24H,3-5,15-17H2,1-2H3/t21-,22-,23+/m0/s1. The van der Waals surface area contributed by atoms with E-state index in [0.717, 1.165) is 25.7 Å². The fraction of sp³-hybridized carbons (Fsp3) is 0.478. The smallest absolute Gasteiger partial charge is 0.0705 e. The van der Waals surface area contributed by atoms with Crippen molar-refractivity contribution in [2.45, 2.75) is 64.4 Å². The minimum atomic E-state index is -0.319. The normalized spacial score (nSPS) is 26.6. The highest BCUT2D eigenvalue weighted by atomic mass is 16.3. The van der Waals surface area contributed by atoms with Crippen molar-refractivity contribution in [3.05, 3.63) is 71.3 Å². The van der Waals surface area contributed by atoms with Crippen LogP contribution in [0.5, 0.6) is 0 Å². The lowest BCUT2D eigenvalue weighted by atomic mass is 9.67. The third-order valence-corrected chi connectivity index (χ3v) is 6.12. The Morgan fingerprint density at radius 1 is 1.00 bits per heavy atom. The van der Waals surface area contributed by atoms with Crippen LogP contribution in [0.4, 0.5) is 0 Å². The average Bonchev–Trinajstić information content (AvgIpc) is 2.76. The number of hydrogen-bond donors (Lipinski definition) is 1. The zero-order chi connectivity index (χ0) is 17.0. The SMILES string of the molecule is CCCC[C@]1(CC)CCc2ccccc2[C@H](c2ccccc2)[C@@H]1O. The second-order valence-electron chi connectivity index (χ2n) is 7.35. The third-order valence-electron chi connectivity index (χ3n) is 6.12. The van der Waals surface area contributed by atoms with E-state index in [-0.39, 0.29) is 17.4 Å². The van der Waals surface area contributed by atoms with Crippen molar-refractivity contribution in [1.29, 1.82) is 0 Å². The molecule has 1 heteroatoms. The number of hydrogen-bond acceptors (Lipinski definition) is 1. The van der Waals surface area contributed by atoms with E-state index >= 15 is 0 Å². The molecule has 0 amide bonds. The van der Waals surface area contributed by atoms with E-state index in [1.807, 2.05) is 0 Å². The summed E-state index contributed by atoms with van der Waals surface area (Å²) in [5.74, 6) is 0.0849. The highest BCUT2D eigenvalue weighted by molar-refractivity contribution is 5.41. The van der Waals surface area contributed by atoms with Crippen molar-refractivity contribution < 1.29 is 5.11 Å². The number of aryl methyl sites for hydroxylation is 1. The van der Waals surface area contributed by atoms with E-state index in [9.17, 15) is 5.11 Å². The molecule has 128 valence electrons.